The quantitative estimate of drug-likeness (QED) is 0.516. The predicted octanol–water partition coefficient (Wildman–Crippen LogP) is 6.98. The number of hydrogen-bond donors (Lipinski definition) is 0. The molecular formula is C22H38. The summed E-state index contributed by atoms with van der Waals surface area (Å²) in [5.74, 6) is 5.62. The van der Waals surface area contributed by atoms with Crippen LogP contribution in [0.1, 0.15) is 103 Å². The highest BCUT2D eigenvalue weighted by Crippen LogP contribution is 2.57. The van der Waals surface area contributed by atoms with Gasteiger partial charge in [-0.25, -0.2) is 0 Å². The van der Waals surface area contributed by atoms with Gasteiger partial charge in [0.15, 0.2) is 0 Å². The molecule has 4 rings (SSSR count). The Labute approximate surface area is 138 Å². The van der Waals surface area contributed by atoms with Crippen molar-refractivity contribution in [1.82, 2.24) is 0 Å². The van der Waals surface area contributed by atoms with E-state index in [0.717, 1.165) is 35.0 Å². The minimum absolute atomic E-state index is 0.805. The van der Waals surface area contributed by atoms with Gasteiger partial charge in [-0.2, -0.15) is 0 Å². The predicted molar refractivity (Wildman–Crippen MR) is 94.8 cm³/mol. The topological polar surface area (TPSA) is 0 Å². The molecule has 1 spiro atoms. The van der Waals surface area contributed by atoms with Crippen molar-refractivity contribution in [2.75, 3.05) is 0 Å². The van der Waals surface area contributed by atoms with Crippen molar-refractivity contribution in [2.24, 2.45) is 35.0 Å². The highest BCUT2D eigenvalue weighted by molar-refractivity contribution is 4.97. The summed E-state index contributed by atoms with van der Waals surface area (Å²) in [7, 11) is 0. The maximum absolute atomic E-state index is 2.40. The first kappa shape index (κ1) is 15.5. The van der Waals surface area contributed by atoms with E-state index in [1.165, 1.54) is 12.8 Å². The van der Waals surface area contributed by atoms with Crippen molar-refractivity contribution in [1.29, 1.82) is 0 Å². The largest absolute Gasteiger partial charge is 0.0654 e. The summed E-state index contributed by atoms with van der Waals surface area (Å²) in [5, 5.41) is 0. The van der Waals surface area contributed by atoms with Gasteiger partial charge in [-0.05, 0) is 80.0 Å². The van der Waals surface area contributed by atoms with Gasteiger partial charge >= 0.3 is 0 Å². The molecule has 4 saturated carbocycles. The van der Waals surface area contributed by atoms with Gasteiger partial charge in [0.05, 0.1) is 0 Å². The molecule has 0 nitrogen and oxygen atoms in total. The molecule has 0 heteroatoms. The molecule has 0 N–H and O–H groups in total. The molecule has 4 aliphatic rings. The smallest absolute Gasteiger partial charge is 0.0294 e. The molecule has 0 amide bonds. The number of hydrogen-bond acceptors (Lipinski definition) is 0. The summed E-state index contributed by atoms with van der Waals surface area (Å²) in [5.41, 5.74) is 0.805. The zero-order valence-corrected chi connectivity index (χ0v) is 15.0. The SMILES string of the molecule is CCCC1CCCC2CC3(CCC4CCCC4CC3)CCC12. The third kappa shape index (κ3) is 2.89. The van der Waals surface area contributed by atoms with Crippen molar-refractivity contribution < 1.29 is 0 Å². The summed E-state index contributed by atoms with van der Waals surface area (Å²) in [6.07, 6.45) is 23.6. The van der Waals surface area contributed by atoms with Crippen molar-refractivity contribution in [3.8, 4) is 0 Å². The van der Waals surface area contributed by atoms with Crippen LogP contribution in [0.15, 0.2) is 0 Å². The average Bonchev–Trinajstić information content (AvgIpc) is 2.93. The lowest BCUT2D eigenvalue weighted by Crippen LogP contribution is -2.39. The van der Waals surface area contributed by atoms with Crippen LogP contribution in [0.3, 0.4) is 0 Å². The summed E-state index contributed by atoms with van der Waals surface area (Å²) in [6, 6.07) is 0. The number of fused-ring (bicyclic) bond motifs is 2. The van der Waals surface area contributed by atoms with Crippen LogP contribution in [0.2, 0.25) is 0 Å². The van der Waals surface area contributed by atoms with E-state index in [9.17, 15) is 0 Å². The van der Waals surface area contributed by atoms with E-state index in [0.29, 0.717) is 0 Å². The zero-order valence-electron chi connectivity index (χ0n) is 15.0. The van der Waals surface area contributed by atoms with E-state index in [-0.39, 0.29) is 0 Å². The van der Waals surface area contributed by atoms with Crippen LogP contribution in [0.5, 0.6) is 0 Å². The second-order valence-corrected chi connectivity index (χ2v) is 9.67. The van der Waals surface area contributed by atoms with E-state index in [4.69, 9.17) is 0 Å². The molecule has 0 bridgehead atoms. The fourth-order valence-electron chi connectivity index (χ4n) is 7.48. The molecular weight excluding hydrogens is 264 g/mol. The molecule has 0 saturated heterocycles. The monoisotopic (exact) mass is 302 g/mol. The molecule has 4 aliphatic carbocycles. The first-order valence-electron chi connectivity index (χ1n) is 10.8. The van der Waals surface area contributed by atoms with Crippen LogP contribution in [0.4, 0.5) is 0 Å². The van der Waals surface area contributed by atoms with Crippen LogP contribution in [0, 0.1) is 35.0 Å². The van der Waals surface area contributed by atoms with Crippen LogP contribution < -0.4 is 0 Å². The fraction of sp³-hybridized carbons (Fsp3) is 1.00. The third-order valence-corrected chi connectivity index (χ3v) is 8.63. The van der Waals surface area contributed by atoms with Gasteiger partial charge in [-0.3, -0.25) is 0 Å². The molecule has 126 valence electrons. The Morgan fingerprint density at radius 1 is 0.727 bits per heavy atom. The molecule has 0 aliphatic heterocycles. The van der Waals surface area contributed by atoms with Gasteiger partial charge in [0, 0.05) is 0 Å². The standard InChI is InChI=1S/C22H38/c1-2-5-19-8-4-9-20-16-22(15-12-21(19)20)13-10-17-6-3-7-18(17)11-14-22/h17-21H,2-16H2,1H3. The van der Waals surface area contributed by atoms with Crippen LogP contribution in [-0.2, 0) is 0 Å². The zero-order chi connectivity index (χ0) is 15.0. The van der Waals surface area contributed by atoms with Gasteiger partial charge in [-0.15, -0.1) is 0 Å². The Hall–Kier alpha value is 0. The lowest BCUT2D eigenvalue weighted by Gasteiger charge is -2.50. The molecule has 0 aromatic rings. The molecule has 0 aromatic carbocycles. The van der Waals surface area contributed by atoms with Gasteiger partial charge in [0.25, 0.3) is 0 Å². The Balaban J connectivity index is 1.42. The van der Waals surface area contributed by atoms with E-state index in [2.05, 4.69) is 6.92 Å². The molecule has 4 fully saturated rings. The maximum atomic E-state index is 2.40. The van der Waals surface area contributed by atoms with E-state index >= 15 is 0 Å². The highest BCUT2D eigenvalue weighted by atomic mass is 14.5. The van der Waals surface area contributed by atoms with Crippen molar-refractivity contribution in [3.63, 3.8) is 0 Å². The lowest BCUT2D eigenvalue weighted by molar-refractivity contribution is 0.0115. The Morgan fingerprint density at radius 3 is 2.09 bits per heavy atom. The first-order chi connectivity index (χ1) is 10.8. The molecule has 5 atom stereocenters. The van der Waals surface area contributed by atoms with Gasteiger partial charge in [0.1, 0.15) is 0 Å². The molecule has 0 radical (unpaired) electrons. The normalized spacial score (nSPS) is 48.7. The van der Waals surface area contributed by atoms with E-state index in [1.807, 2.05) is 0 Å². The summed E-state index contributed by atoms with van der Waals surface area (Å²) >= 11 is 0. The van der Waals surface area contributed by atoms with Crippen molar-refractivity contribution >= 4 is 0 Å². The summed E-state index contributed by atoms with van der Waals surface area (Å²) in [6.45, 7) is 2.40. The van der Waals surface area contributed by atoms with Gasteiger partial charge in [0.2, 0.25) is 0 Å². The van der Waals surface area contributed by atoms with Crippen molar-refractivity contribution in [3.05, 3.63) is 0 Å². The molecule has 0 aromatic heterocycles. The minimum atomic E-state index is 0.805. The van der Waals surface area contributed by atoms with E-state index in [1.54, 1.807) is 83.5 Å². The Morgan fingerprint density at radius 2 is 1.36 bits per heavy atom. The Bertz CT molecular complexity index is 354. The van der Waals surface area contributed by atoms with Gasteiger partial charge < -0.3 is 0 Å². The van der Waals surface area contributed by atoms with E-state index < -0.39 is 0 Å². The molecule has 0 heterocycles. The van der Waals surface area contributed by atoms with Crippen LogP contribution in [0.25, 0.3) is 0 Å². The van der Waals surface area contributed by atoms with Crippen LogP contribution in [-0.4, -0.2) is 0 Å². The second kappa shape index (κ2) is 6.48. The average molecular weight is 303 g/mol. The minimum Gasteiger partial charge on any atom is -0.0654 e. The second-order valence-electron chi connectivity index (χ2n) is 9.67. The highest BCUT2D eigenvalue weighted by Gasteiger charge is 2.46. The Kier molecular flexibility index (Phi) is 4.57. The number of rotatable bonds is 2. The van der Waals surface area contributed by atoms with Gasteiger partial charge in [-0.1, -0.05) is 58.3 Å². The van der Waals surface area contributed by atoms with Crippen LogP contribution >= 0.6 is 0 Å². The summed E-state index contributed by atoms with van der Waals surface area (Å²) in [4.78, 5) is 0. The fourth-order valence-corrected chi connectivity index (χ4v) is 7.48. The van der Waals surface area contributed by atoms with Crippen molar-refractivity contribution in [2.45, 2.75) is 103 Å². The maximum Gasteiger partial charge on any atom is -0.0294 e. The lowest BCUT2D eigenvalue weighted by atomic mass is 9.56. The third-order valence-electron chi connectivity index (χ3n) is 8.63. The summed E-state index contributed by atoms with van der Waals surface area (Å²) < 4.78 is 0. The molecule has 22 heavy (non-hydrogen) atoms. The first-order valence-corrected chi connectivity index (χ1v) is 10.8. The molecule has 5 unspecified atom stereocenters.